The maximum Gasteiger partial charge on any atom is 0.0543 e. The van der Waals surface area contributed by atoms with Crippen LogP contribution < -0.4 is 0 Å². The van der Waals surface area contributed by atoms with Crippen molar-refractivity contribution in [2.24, 2.45) is 5.92 Å². The molecule has 0 saturated carbocycles. The average molecular weight is 371 g/mol. The lowest BCUT2D eigenvalue weighted by molar-refractivity contribution is 0.631. The Bertz CT molecular complexity index is 238. The molecule has 0 amide bonds. The lowest BCUT2D eigenvalue weighted by Gasteiger charge is -2.52. The molecule has 0 heterocycles. The van der Waals surface area contributed by atoms with E-state index in [0.717, 1.165) is 5.92 Å². The summed E-state index contributed by atoms with van der Waals surface area (Å²) in [5.74, 6) is 0.928. The SMILES string of the molecule is CCC[Si](CCC)(CCC)C(C(C)C)[Si](CCC)(CCC)CCC. The predicted molar refractivity (Wildman–Crippen MR) is 121 cm³/mol. The van der Waals surface area contributed by atoms with Crippen molar-refractivity contribution < 1.29 is 0 Å². The van der Waals surface area contributed by atoms with Crippen LogP contribution in [0.25, 0.3) is 0 Å². The zero-order valence-electron chi connectivity index (χ0n) is 18.6. The summed E-state index contributed by atoms with van der Waals surface area (Å²) in [6, 6.07) is 9.69. The number of hydrogen-bond donors (Lipinski definition) is 0. The van der Waals surface area contributed by atoms with E-state index in [4.69, 9.17) is 0 Å². The third-order valence-corrected chi connectivity index (χ3v) is 23.1. The van der Waals surface area contributed by atoms with Gasteiger partial charge in [-0.3, -0.25) is 0 Å². The largest absolute Gasteiger partial charge is 0.0657 e. The molecule has 146 valence electrons. The second kappa shape index (κ2) is 12.7. The van der Waals surface area contributed by atoms with Crippen molar-refractivity contribution in [1.82, 2.24) is 0 Å². The van der Waals surface area contributed by atoms with Crippen LogP contribution >= 0.6 is 0 Å². The van der Waals surface area contributed by atoms with Crippen LogP contribution in [-0.4, -0.2) is 16.1 Å². The van der Waals surface area contributed by atoms with E-state index in [0.29, 0.717) is 0 Å². The molecule has 0 atom stereocenters. The summed E-state index contributed by atoms with van der Waals surface area (Å²) in [6.07, 6.45) is 8.61. The zero-order valence-corrected chi connectivity index (χ0v) is 20.6. The lowest BCUT2D eigenvalue weighted by atomic mass is 10.3. The third kappa shape index (κ3) is 6.30. The topological polar surface area (TPSA) is 0 Å². The van der Waals surface area contributed by atoms with E-state index in [9.17, 15) is 0 Å². The Morgan fingerprint density at radius 1 is 0.458 bits per heavy atom. The molecule has 0 saturated heterocycles. The smallest absolute Gasteiger partial charge is 0.0543 e. The minimum absolute atomic E-state index is 0.928. The van der Waals surface area contributed by atoms with Crippen LogP contribution in [0.4, 0.5) is 0 Å². The predicted octanol–water partition coefficient (Wildman–Crippen LogP) is 8.91. The van der Waals surface area contributed by atoms with Crippen molar-refractivity contribution in [2.75, 3.05) is 0 Å². The van der Waals surface area contributed by atoms with E-state index in [1.165, 1.54) is 43.7 Å². The molecule has 24 heavy (non-hydrogen) atoms. The molecule has 0 bridgehead atoms. The van der Waals surface area contributed by atoms with Gasteiger partial charge in [0.15, 0.2) is 0 Å². The van der Waals surface area contributed by atoms with Gasteiger partial charge < -0.3 is 0 Å². The van der Waals surface area contributed by atoms with Crippen LogP contribution in [0.5, 0.6) is 0 Å². The van der Waals surface area contributed by atoms with Gasteiger partial charge in [-0.25, -0.2) is 0 Å². The molecule has 0 rings (SSSR count). The molecule has 0 aromatic rings. The maximum absolute atomic E-state index is 2.61. The van der Waals surface area contributed by atoms with Crippen molar-refractivity contribution in [1.29, 1.82) is 0 Å². The van der Waals surface area contributed by atoms with Crippen LogP contribution in [0.15, 0.2) is 0 Å². The second-order valence-electron chi connectivity index (χ2n) is 8.95. The Morgan fingerprint density at radius 3 is 0.792 bits per heavy atom. The van der Waals surface area contributed by atoms with Gasteiger partial charge >= 0.3 is 0 Å². The Morgan fingerprint density at radius 2 is 0.667 bits per heavy atom. The van der Waals surface area contributed by atoms with Gasteiger partial charge in [0.1, 0.15) is 0 Å². The van der Waals surface area contributed by atoms with Gasteiger partial charge in [0.2, 0.25) is 0 Å². The average Bonchev–Trinajstić information content (AvgIpc) is 2.48. The molecule has 0 radical (unpaired) electrons. The summed E-state index contributed by atoms with van der Waals surface area (Å²) < 4.78 is 0. The van der Waals surface area contributed by atoms with Crippen molar-refractivity contribution >= 4 is 16.1 Å². The summed E-state index contributed by atoms with van der Waals surface area (Å²) in [7, 11) is -2.35. The molecule has 0 aliphatic carbocycles. The molecule has 0 fully saturated rings. The molecule has 2 heteroatoms. The highest BCUT2D eigenvalue weighted by Crippen LogP contribution is 2.52. The Kier molecular flexibility index (Phi) is 13.0. The first-order chi connectivity index (χ1) is 11.4. The number of hydrogen-bond acceptors (Lipinski definition) is 0. The van der Waals surface area contributed by atoms with E-state index in [1.54, 1.807) is 36.3 Å². The van der Waals surface area contributed by atoms with Crippen LogP contribution in [-0.2, 0) is 0 Å². The Labute approximate surface area is 157 Å². The minimum atomic E-state index is -1.17. The van der Waals surface area contributed by atoms with Gasteiger partial charge in [0.25, 0.3) is 0 Å². The van der Waals surface area contributed by atoms with E-state index in [2.05, 4.69) is 55.4 Å². The summed E-state index contributed by atoms with van der Waals surface area (Å²) >= 11 is 0. The molecule has 0 spiro atoms. The first-order valence-corrected chi connectivity index (χ1v) is 16.8. The highest BCUT2D eigenvalue weighted by molar-refractivity contribution is 6.99. The molecule has 0 nitrogen and oxygen atoms in total. The summed E-state index contributed by atoms with van der Waals surface area (Å²) in [5.41, 5.74) is 0. The van der Waals surface area contributed by atoms with Gasteiger partial charge in [-0.2, -0.15) is 0 Å². The first-order valence-electron chi connectivity index (χ1n) is 11.4. The quantitative estimate of drug-likeness (QED) is 0.252. The van der Waals surface area contributed by atoms with Crippen molar-refractivity contribution in [3.8, 4) is 0 Å². The van der Waals surface area contributed by atoms with E-state index in [-0.39, 0.29) is 0 Å². The fourth-order valence-electron chi connectivity index (χ4n) is 6.73. The van der Waals surface area contributed by atoms with E-state index < -0.39 is 16.1 Å². The summed E-state index contributed by atoms with van der Waals surface area (Å²) in [5, 5.41) is 1.17. The van der Waals surface area contributed by atoms with Crippen LogP contribution in [0.3, 0.4) is 0 Å². The molecule has 0 N–H and O–H groups in total. The standard InChI is InChI=1S/C22H50Si2/c1-9-15-23(16-10-2,17-11-3)22(21(7)8)24(18-12-4,19-13-5)20-14-6/h21-22H,9-20H2,1-8H3. The van der Waals surface area contributed by atoms with Gasteiger partial charge in [0, 0.05) is 0 Å². The molecular weight excluding hydrogens is 320 g/mol. The van der Waals surface area contributed by atoms with Gasteiger partial charge in [-0.05, 0) is 11.1 Å². The van der Waals surface area contributed by atoms with Crippen LogP contribution in [0.1, 0.15) is 93.9 Å². The highest BCUT2D eigenvalue weighted by atomic mass is 28.4. The van der Waals surface area contributed by atoms with Crippen molar-refractivity contribution in [3.63, 3.8) is 0 Å². The van der Waals surface area contributed by atoms with E-state index in [1.807, 2.05) is 0 Å². The number of rotatable bonds is 15. The lowest BCUT2D eigenvalue weighted by Crippen LogP contribution is -2.56. The molecule has 0 aliphatic rings. The highest BCUT2D eigenvalue weighted by Gasteiger charge is 2.51. The molecule has 0 aromatic heterocycles. The fourth-order valence-corrected chi connectivity index (χ4v) is 26.7. The monoisotopic (exact) mass is 370 g/mol. The maximum atomic E-state index is 2.61. The van der Waals surface area contributed by atoms with Gasteiger partial charge in [-0.1, -0.05) is 130 Å². The van der Waals surface area contributed by atoms with Crippen LogP contribution in [0.2, 0.25) is 41.4 Å². The molecular formula is C22H50Si2. The summed E-state index contributed by atoms with van der Waals surface area (Å²) in [6.45, 7) is 20.0. The second-order valence-corrected chi connectivity index (χ2v) is 19.2. The van der Waals surface area contributed by atoms with E-state index >= 15 is 0 Å². The summed E-state index contributed by atoms with van der Waals surface area (Å²) in [4.78, 5) is 0. The first kappa shape index (κ1) is 24.4. The fraction of sp³-hybridized carbons (Fsp3) is 1.00. The zero-order chi connectivity index (χ0) is 18.6. The van der Waals surface area contributed by atoms with Gasteiger partial charge in [-0.15, -0.1) is 0 Å². The van der Waals surface area contributed by atoms with Crippen molar-refractivity contribution in [3.05, 3.63) is 0 Å². The minimum Gasteiger partial charge on any atom is -0.0657 e. The third-order valence-electron chi connectivity index (χ3n) is 6.47. The van der Waals surface area contributed by atoms with Crippen molar-refractivity contribution in [2.45, 2.75) is 135 Å². The molecule has 0 unspecified atom stereocenters. The molecule has 0 aliphatic heterocycles. The Hall–Kier alpha value is 0.434. The Balaban J connectivity index is 6.16. The van der Waals surface area contributed by atoms with Crippen LogP contribution in [0, 0.1) is 5.92 Å². The normalized spacial score (nSPS) is 13.2. The van der Waals surface area contributed by atoms with Gasteiger partial charge in [0.05, 0.1) is 16.1 Å². The molecule has 0 aromatic carbocycles.